The summed E-state index contributed by atoms with van der Waals surface area (Å²) in [5.74, 6) is -1.23. The van der Waals surface area contributed by atoms with Crippen molar-refractivity contribution in [2.45, 2.75) is 18.9 Å². The number of benzene rings is 2. The van der Waals surface area contributed by atoms with Gasteiger partial charge in [-0.25, -0.2) is 8.78 Å². The zero-order valence-corrected chi connectivity index (χ0v) is 15.2. The highest BCUT2D eigenvalue weighted by molar-refractivity contribution is 5.94. The lowest BCUT2D eigenvalue weighted by atomic mass is 10.1. The van der Waals surface area contributed by atoms with E-state index in [1.807, 2.05) is 11.9 Å². The SMILES string of the molecule is CNCC1CCCN1C(=O)c1ccc(Oc2ccc(F)c(F)c2)cc1.Cl. The van der Waals surface area contributed by atoms with E-state index >= 15 is 0 Å². The minimum Gasteiger partial charge on any atom is -0.457 e. The van der Waals surface area contributed by atoms with Crippen LogP contribution in [0.5, 0.6) is 11.5 Å². The second-order valence-electron chi connectivity index (χ2n) is 6.05. The predicted molar refractivity (Wildman–Crippen MR) is 98.1 cm³/mol. The van der Waals surface area contributed by atoms with Gasteiger partial charge in [-0.05, 0) is 56.3 Å². The normalized spacial score (nSPS) is 16.3. The first-order valence-electron chi connectivity index (χ1n) is 8.27. The summed E-state index contributed by atoms with van der Waals surface area (Å²) in [5.41, 5.74) is 0.584. The van der Waals surface area contributed by atoms with Crippen molar-refractivity contribution in [1.29, 1.82) is 0 Å². The van der Waals surface area contributed by atoms with Crippen LogP contribution in [-0.4, -0.2) is 37.0 Å². The van der Waals surface area contributed by atoms with E-state index in [-0.39, 0.29) is 30.1 Å². The molecule has 2 aromatic rings. The smallest absolute Gasteiger partial charge is 0.254 e. The van der Waals surface area contributed by atoms with E-state index in [1.54, 1.807) is 24.3 Å². The molecular weight excluding hydrogens is 362 g/mol. The standard InChI is InChI=1S/C19H20F2N2O2.ClH/c1-22-12-14-3-2-10-23(14)19(24)13-4-6-15(7-5-13)25-16-8-9-17(20)18(21)11-16;/h4-9,11,14,22H,2-3,10,12H2,1H3;1H. The molecule has 0 saturated carbocycles. The minimum absolute atomic E-state index is 0. The van der Waals surface area contributed by atoms with Gasteiger partial charge >= 0.3 is 0 Å². The van der Waals surface area contributed by atoms with Crippen LogP contribution in [0.25, 0.3) is 0 Å². The fraction of sp³-hybridized carbons (Fsp3) is 0.316. The molecule has 1 aliphatic heterocycles. The summed E-state index contributed by atoms with van der Waals surface area (Å²) in [7, 11) is 1.88. The lowest BCUT2D eigenvalue weighted by Crippen LogP contribution is -2.40. The molecule has 1 unspecified atom stereocenters. The van der Waals surface area contributed by atoms with Gasteiger partial charge in [0.25, 0.3) is 5.91 Å². The summed E-state index contributed by atoms with van der Waals surface area (Å²) in [6, 6.07) is 10.2. The third-order valence-corrected chi connectivity index (χ3v) is 4.31. The van der Waals surface area contributed by atoms with Crippen molar-refractivity contribution in [2.24, 2.45) is 0 Å². The summed E-state index contributed by atoms with van der Waals surface area (Å²) in [6.07, 6.45) is 2.01. The van der Waals surface area contributed by atoms with Crippen LogP contribution in [0.1, 0.15) is 23.2 Å². The number of amides is 1. The van der Waals surface area contributed by atoms with Gasteiger partial charge in [0.2, 0.25) is 0 Å². The number of nitrogens with one attached hydrogen (secondary N) is 1. The highest BCUT2D eigenvalue weighted by atomic mass is 35.5. The molecule has 2 aromatic carbocycles. The lowest BCUT2D eigenvalue weighted by Gasteiger charge is -2.24. The summed E-state index contributed by atoms with van der Waals surface area (Å²) in [5, 5.41) is 3.12. The van der Waals surface area contributed by atoms with Gasteiger partial charge in [-0.1, -0.05) is 0 Å². The molecule has 0 aliphatic carbocycles. The van der Waals surface area contributed by atoms with Gasteiger partial charge in [0, 0.05) is 30.8 Å². The molecule has 1 N–H and O–H groups in total. The van der Waals surface area contributed by atoms with Crippen LogP contribution in [0.2, 0.25) is 0 Å². The molecule has 4 nitrogen and oxygen atoms in total. The molecule has 1 aliphatic rings. The first-order valence-corrected chi connectivity index (χ1v) is 8.27. The van der Waals surface area contributed by atoms with E-state index in [4.69, 9.17) is 4.74 Å². The van der Waals surface area contributed by atoms with Crippen LogP contribution in [0.15, 0.2) is 42.5 Å². The maximum absolute atomic E-state index is 13.2. The average Bonchev–Trinajstić information content (AvgIpc) is 3.07. The maximum atomic E-state index is 13.2. The molecule has 0 radical (unpaired) electrons. The number of hydrogen-bond donors (Lipinski definition) is 1. The summed E-state index contributed by atoms with van der Waals surface area (Å²) < 4.78 is 31.6. The maximum Gasteiger partial charge on any atom is 0.254 e. The Morgan fingerprint density at radius 2 is 1.85 bits per heavy atom. The Balaban J connectivity index is 0.00000243. The van der Waals surface area contributed by atoms with E-state index in [0.717, 1.165) is 38.1 Å². The number of likely N-dealkylation sites (N-methyl/N-ethyl adjacent to an activating group) is 1. The predicted octanol–water partition coefficient (Wildman–Crippen LogP) is 4.00. The summed E-state index contributed by atoms with van der Waals surface area (Å²) in [6.45, 7) is 1.54. The van der Waals surface area contributed by atoms with Crippen LogP contribution >= 0.6 is 12.4 Å². The average molecular weight is 383 g/mol. The molecule has 1 atom stereocenters. The largest absolute Gasteiger partial charge is 0.457 e. The molecule has 26 heavy (non-hydrogen) atoms. The number of hydrogen-bond acceptors (Lipinski definition) is 3. The first kappa shape index (κ1) is 20.1. The fourth-order valence-corrected chi connectivity index (χ4v) is 3.06. The molecule has 3 rings (SSSR count). The molecule has 1 amide bonds. The minimum atomic E-state index is -0.964. The third-order valence-electron chi connectivity index (χ3n) is 4.31. The zero-order chi connectivity index (χ0) is 17.8. The Hall–Kier alpha value is -2.18. The second-order valence-corrected chi connectivity index (χ2v) is 6.05. The van der Waals surface area contributed by atoms with Crippen molar-refractivity contribution in [3.63, 3.8) is 0 Å². The van der Waals surface area contributed by atoms with Gasteiger partial charge in [0.15, 0.2) is 11.6 Å². The fourth-order valence-electron chi connectivity index (χ4n) is 3.06. The van der Waals surface area contributed by atoms with Gasteiger partial charge in [-0.2, -0.15) is 0 Å². The Kier molecular flexibility index (Phi) is 6.94. The Bertz CT molecular complexity index is 756. The quantitative estimate of drug-likeness (QED) is 0.849. The molecule has 0 aromatic heterocycles. The number of carbonyl (C=O) groups excluding carboxylic acids is 1. The summed E-state index contributed by atoms with van der Waals surface area (Å²) >= 11 is 0. The zero-order valence-electron chi connectivity index (χ0n) is 14.4. The Labute approximate surface area is 157 Å². The van der Waals surface area contributed by atoms with Crippen molar-refractivity contribution in [3.8, 4) is 11.5 Å². The van der Waals surface area contributed by atoms with E-state index < -0.39 is 11.6 Å². The van der Waals surface area contributed by atoms with Crippen molar-refractivity contribution in [1.82, 2.24) is 10.2 Å². The van der Waals surface area contributed by atoms with E-state index in [0.29, 0.717) is 11.3 Å². The summed E-state index contributed by atoms with van der Waals surface area (Å²) in [4.78, 5) is 14.5. The highest BCUT2D eigenvalue weighted by Gasteiger charge is 2.28. The molecule has 0 bridgehead atoms. The van der Waals surface area contributed by atoms with Crippen LogP contribution in [0.3, 0.4) is 0 Å². The number of carbonyl (C=O) groups is 1. The first-order chi connectivity index (χ1) is 12.1. The van der Waals surface area contributed by atoms with Gasteiger partial charge in [0.1, 0.15) is 11.5 Å². The van der Waals surface area contributed by atoms with Crippen LogP contribution in [0.4, 0.5) is 8.78 Å². The highest BCUT2D eigenvalue weighted by Crippen LogP contribution is 2.25. The van der Waals surface area contributed by atoms with Gasteiger partial charge in [-0.3, -0.25) is 4.79 Å². The number of halogens is 3. The van der Waals surface area contributed by atoms with Crippen LogP contribution < -0.4 is 10.1 Å². The lowest BCUT2D eigenvalue weighted by molar-refractivity contribution is 0.0737. The van der Waals surface area contributed by atoms with Crippen LogP contribution in [0, 0.1) is 11.6 Å². The van der Waals surface area contributed by atoms with Gasteiger partial charge in [0.05, 0.1) is 0 Å². The Morgan fingerprint density at radius 3 is 2.50 bits per heavy atom. The van der Waals surface area contributed by atoms with Crippen molar-refractivity contribution >= 4 is 18.3 Å². The second kappa shape index (κ2) is 8.96. The molecule has 0 spiro atoms. The molecule has 1 fully saturated rings. The van der Waals surface area contributed by atoms with Crippen molar-refractivity contribution < 1.29 is 18.3 Å². The van der Waals surface area contributed by atoms with E-state index in [2.05, 4.69) is 5.32 Å². The molecule has 140 valence electrons. The number of nitrogens with zero attached hydrogens (tertiary/aromatic N) is 1. The van der Waals surface area contributed by atoms with E-state index in [1.165, 1.54) is 6.07 Å². The number of likely N-dealkylation sites (tertiary alicyclic amines) is 1. The van der Waals surface area contributed by atoms with Crippen molar-refractivity contribution in [2.75, 3.05) is 20.1 Å². The molecule has 1 saturated heterocycles. The molecule has 1 heterocycles. The Morgan fingerprint density at radius 1 is 1.15 bits per heavy atom. The van der Waals surface area contributed by atoms with Gasteiger partial charge in [-0.15, -0.1) is 12.4 Å². The van der Waals surface area contributed by atoms with Crippen molar-refractivity contribution in [3.05, 3.63) is 59.7 Å². The van der Waals surface area contributed by atoms with Crippen LogP contribution in [-0.2, 0) is 0 Å². The monoisotopic (exact) mass is 382 g/mol. The third kappa shape index (κ3) is 4.51. The van der Waals surface area contributed by atoms with Gasteiger partial charge < -0.3 is 15.0 Å². The van der Waals surface area contributed by atoms with E-state index in [9.17, 15) is 13.6 Å². The number of ether oxygens (including phenoxy) is 1. The molecule has 7 heteroatoms. The number of rotatable bonds is 5. The topological polar surface area (TPSA) is 41.6 Å². The molecular formula is C19H21ClF2N2O2.